The molecule has 0 bridgehead atoms. The molecule has 7 heteroatoms. The predicted molar refractivity (Wildman–Crippen MR) is 78.7 cm³/mol. The van der Waals surface area contributed by atoms with E-state index < -0.39 is 22.2 Å². The van der Waals surface area contributed by atoms with E-state index in [2.05, 4.69) is 4.72 Å². The van der Waals surface area contributed by atoms with Gasteiger partial charge in [0.2, 0.25) is 0 Å². The highest BCUT2D eigenvalue weighted by Gasteiger charge is 2.29. The Morgan fingerprint density at radius 2 is 2.05 bits per heavy atom. The topological polar surface area (TPSA) is 75.7 Å². The number of carbonyl (C=O) groups excluding carboxylic acids is 1. The van der Waals surface area contributed by atoms with Crippen LogP contribution in [0.25, 0.3) is 0 Å². The maximum atomic E-state index is 12.3. The fourth-order valence-electron chi connectivity index (χ4n) is 2.29. The van der Waals surface area contributed by atoms with Crippen LogP contribution in [0, 0.1) is 0 Å². The zero-order chi connectivity index (χ0) is 15.5. The van der Waals surface area contributed by atoms with Crippen LogP contribution < -0.4 is 4.72 Å². The Morgan fingerprint density at radius 3 is 2.71 bits per heavy atom. The summed E-state index contributed by atoms with van der Waals surface area (Å²) < 4.78 is 33.2. The van der Waals surface area contributed by atoms with Crippen molar-refractivity contribution in [3.8, 4) is 0 Å². The lowest BCUT2D eigenvalue weighted by Gasteiger charge is -2.29. The van der Waals surface area contributed by atoms with E-state index in [-0.39, 0.29) is 6.61 Å². The number of carbonyl (C=O) groups is 1. The molecule has 0 aliphatic carbocycles. The number of fused-ring (bicyclic) bond motifs is 1. The highest BCUT2D eigenvalue weighted by atomic mass is 32.2. The molecule has 1 unspecified atom stereocenters. The lowest BCUT2D eigenvalue weighted by Crippen LogP contribution is -2.48. The van der Waals surface area contributed by atoms with E-state index in [9.17, 15) is 13.2 Å². The van der Waals surface area contributed by atoms with Gasteiger partial charge in [0.05, 0.1) is 6.61 Å². The molecule has 1 atom stereocenters. The zero-order valence-corrected chi connectivity index (χ0v) is 13.0. The van der Waals surface area contributed by atoms with Crippen molar-refractivity contribution in [3.05, 3.63) is 35.4 Å². The SMILES string of the molecule is CCOC(=O)C(C)NS(=O)(=O)N1CCc2ccccc2C1. The highest BCUT2D eigenvalue weighted by molar-refractivity contribution is 7.87. The molecule has 0 saturated heterocycles. The van der Waals surface area contributed by atoms with Crippen molar-refractivity contribution in [2.75, 3.05) is 13.2 Å². The number of hydrogen-bond donors (Lipinski definition) is 1. The second kappa shape index (κ2) is 6.55. The first kappa shape index (κ1) is 15.9. The Kier molecular flexibility index (Phi) is 4.97. The molecule has 1 N–H and O–H groups in total. The third-order valence-corrected chi connectivity index (χ3v) is 5.04. The molecule has 2 rings (SSSR count). The molecule has 0 amide bonds. The predicted octanol–water partition coefficient (Wildman–Crippen LogP) is 0.831. The van der Waals surface area contributed by atoms with Gasteiger partial charge in [-0.1, -0.05) is 24.3 Å². The quantitative estimate of drug-likeness (QED) is 0.817. The summed E-state index contributed by atoms with van der Waals surface area (Å²) in [6.45, 7) is 4.11. The Labute approximate surface area is 125 Å². The molecule has 0 saturated carbocycles. The average molecular weight is 312 g/mol. The van der Waals surface area contributed by atoms with Crippen LogP contribution in [0.5, 0.6) is 0 Å². The van der Waals surface area contributed by atoms with E-state index in [4.69, 9.17) is 4.74 Å². The summed E-state index contributed by atoms with van der Waals surface area (Å²) in [4.78, 5) is 11.5. The van der Waals surface area contributed by atoms with E-state index in [1.54, 1.807) is 6.92 Å². The standard InChI is InChI=1S/C14H20N2O4S/c1-3-20-14(17)11(2)15-21(18,19)16-9-8-12-6-4-5-7-13(12)10-16/h4-7,11,15H,3,8-10H2,1-2H3. The van der Waals surface area contributed by atoms with Gasteiger partial charge in [-0.15, -0.1) is 0 Å². The van der Waals surface area contributed by atoms with Crippen LogP contribution in [-0.2, 0) is 32.7 Å². The molecule has 1 aromatic rings. The number of esters is 1. The number of benzene rings is 1. The van der Waals surface area contributed by atoms with Crippen molar-refractivity contribution in [3.63, 3.8) is 0 Å². The third kappa shape index (κ3) is 3.81. The molecule has 1 heterocycles. The highest BCUT2D eigenvalue weighted by Crippen LogP contribution is 2.20. The zero-order valence-electron chi connectivity index (χ0n) is 12.2. The van der Waals surface area contributed by atoms with Crippen LogP contribution in [0.3, 0.4) is 0 Å². The second-order valence-corrected chi connectivity index (χ2v) is 6.65. The van der Waals surface area contributed by atoms with Crippen LogP contribution in [0.1, 0.15) is 25.0 Å². The minimum atomic E-state index is -3.71. The molecule has 1 aromatic carbocycles. The van der Waals surface area contributed by atoms with Gasteiger partial charge in [0.15, 0.2) is 0 Å². The monoisotopic (exact) mass is 312 g/mol. The molecule has 21 heavy (non-hydrogen) atoms. The number of hydrogen-bond acceptors (Lipinski definition) is 4. The minimum absolute atomic E-state index is 0.224. The Morgan fingerprint density at radius 1 is 1.38 bits per heavy atom. The summed E-state index contributed by atoms with van der Waals surface area (Å²) >= 11 is 0. The van der Waals surface area contributed by atoms with Crippen LogP contribution >= 0.6 is 0 Å². The van der Waals surface area contributed by atoms with Crippen molar-refractivity contribution in [1.82, 2.24) is 9.03 Å². The molecular weight excluding hydrogens is 292 g/mol. The van der Waals surface area contributed by atoms with Crippen molar-refractivity contribution in [2.45, 2.75) is 32.9 Å². The molecule has 1 aliphatic heterocycles. The van der Waals surface area contributed by atoms with E-state index in [0.29, 0.717) is 19.5 Å². The number of ether oxygens (including phenoxy) is 1. The van der Waals surface area contributed by atoms with Gasteiger partial charge in [0, 0.05) is 13.1 Å². The fraction of sp³-hybridized carbons (Fsp3) is 0.500. The Hall–Kier alpha value is -1.44. The second-order valence-electron chi connectivity index (χ2n) is 4.95. The van der Waals surface area contributed by atoms with Crippen LogP contribution in [-0.4, -0.2) is 37.9 Å². The summed E-state index contributed by atoms with van der Waals surface area (Å²) in [5.74, 6) is -0.571. The smallest absolute Gasteiger partial charge is 0.323 e. The van der Waals surface area contributed by atoms with Crippen LogP contribution in [0.15, 0.2) is 24.3 Å². The molecule has 0 radical (unpaired) electrons. The van der Waals surface area contributed by atoms with Gasteiger partial charge in [-0.05, 0) is 31.4 Å². The minimum Gasteiger partial charge on any atom is -0.465 e. The molecule has 6 nitrogen and oxygen atoms in total. The molecule has 116 valence electrons. The van der Waals surface area contributed by atoms with E-state index in [1.807, 2.05) is 24.3 Å². The van der Waals surface area contributed by atoms with Crippen molar-refractivity contribution in [2.24, 2.45) is 0 Å². The first-order valence-electron chi connectivity index (χ1n) is 6.95. The normalized spacial score (nSPS) is 17.0. The van der Waals surface area contributed by atoms with E-state index in [0.717, 1.165) is 5.56 Å². The van der Waals surface area contributed by atoms with Crippen molar-refractivity contribution < 1.29 is 17.9 Å². The van der Waals surface area contributed by atoms with Gasteiger partial charge in [-0.25, -0.2) is 0 Å². The summed E-state index contributed by atoms with van der Waals surface area (Å²) in [7, 11) is -3.71. The largest absolute Gasteiger partial charge is 0.465 e. The first-order valence-corrected chi connectivity index (χ1v) is 8.39. The molecule has 0 aromatic heterocycles. The third-order valence-electron chi connectivity index (χ3n) is 3.40. The summed E-state index contributed by atoms with van der Waals surface area (Å²) in [5.41, 5.74) is 2.17. The van der Waals surface area contributed by atoms with E-state index in [1.165, 1.54) is 16.8 Å². The lowest BCUT2D eigenvalue weighted by atomic mass is 10.0. The maximum absolute atomic E-state index is 12.3. The van der Waals surface area contributed by atoms with Gasteiger partial charge in [0.25, 0.3) is 10.2 Å². The van der Waals surface area contributed by atoms with Gasteiger partial charge in [0.1, 0.15) is 6.04 Å². The van der Waals surface area contributed by atoms with Gasteiger partial charge in [-0.3, -0.25) is 4.79 Å². The molecule has 0 spiro atoms. The van der Waals surface area contributed by atoms with Crippen molar-refractivity contribution in [1.29, 1.82) is 0 Å². The number of nitrogens with zero attached hydrogens (tertiary/aromatic N) is 1. The van der Waals surface area contributed by atoms with Gasteiger partial charge < -0.3 is 4.74 Å². The maximum Gasteiger partial charge on any atom is 0.323 e. The number of rotatable bonds is 5. The Balaban J connectivity index is 2.06. The first-order chi connectivity index (χ1) is 9.94. The van der Waals surface area contributed by atoms with Crippen LogP contribution in [0.4, 0.5) is 0 Å². The summed E-state index contributed by atoms with van der Waals surface area (Å²) in [6.07, 6.45) is 0.671. The molecule has 1 aliphatic rings. The summed E-state index contributed by atoms with van der Waals surface area (Å²) in [6, 6.07) is 6.88. The van der Waals surface area contributed by atoms with Crippen molar-refractivity contribution >= 4 is 16.2 Å². The summed E-state index contributed by atoms with van der Waals surface area (Å²) in [5, 5.41) is 0. The molecular formula is C14H20N2O4S. The van der Waals surface area contributed by atoms with Crippen LogP contribution in [0.2, 0.25) is 0 Å². The lowest BCUT2D eigenvalue weighted by molar-refractivity contribution is -0.144. The van der Waals surface area contributed by atoms with Gasteiger partial charge >= 0.3 is 5.97 Å². The Bertz CT molecular complexity index is 615. The average Bonchev–Trinajstić information content (AvgIpc) is 2.46. The number of nitrogens with one attached hydrogen (secondary N) is 1. The molecule has 0 fully saturated rings. The van der Waals surface area contributed by atoms with E-state index >= 15 is 0 Å². The fourth-order valence-corrected chi connectivity index (χ4v) is 3.62. The van der Waals surface area contributed by atoms with Gasteiger partial charge in [-0.2, -0.15) is 17.4 Å².